The van der Waals surface area contributed by atoms with Gasteiger partial charge in [-0.1, -0.05) is 54.1 Å². The van der Waals surface area contributed by atoms with E-state index in [2.05, 4.69) is 15.3 Å². The van der Waals surface area contributed by atoms with Crippen molar-refractivity contribution in [2.24, 2.45) is 0 Å². The van der Waals surface area contributed by atoms with E-state index in [-0.39, 0.29) is 78.3 Å². The number of phenolic OH excluding ortho intramolecular Hbond substituents is 1. The number of ether oxygens (including phenoxy) is 2. The Morgan fingerprint density at radius 2 is 1.70 bits per heavy atom. The number of carbonyl (C=O) groups excluding carboxylic acids is 2. The van der Waals surface area contributed by atoms with Gasteiger partial charge < -0.3 is 30.5 Å². The second-order valence-corrected chi connectivity index (χ2v) is 12.9. The van der Waals surface area contributed by atoms with Gasteiger partial charge in [0.1, 0.15) is 35.3 Å². The van der Waals surface area contributed by atoms with Crippen molar-refractivity contribution in [2.45, 2.75) is 38.8 Å². The Labute approximate surface area is 317 Å². The first kappa shape index (κ1) is 39.5. The van der Waals surface area contributed by atoms with Gasteiger partial charge in [-0.15, -0.1) is 0 Å². The third-order valence-corrected chi connectivity index (χ3v) is 9.20. The second kappa shape index (κ2) is 18.9. The number of nitrogens with two attached hydrogens (primary N) is 1. The lowest BCUT2D eigenvalue weighted by atomic mass is 10.0. The van der Waals surface area contributed by atoms with Crippen LogP contribution in [0.5, 0.6) is 5.75 Å². The Hall–Kier alpha value is -5.70. The minimum Gasteiger partial charge on any atom is -0.508 e. The number of hydrogen-bond acceptors (Lipinski definition) is 12. The summed E-state index contributed by atoms with van der Waals surface area (Å²) < 4.78 is 11.8. The van der Waals surface area contributed by atoms with Crippen LogP contribution in [0.4, 0.5) is 11.6 Å². The minimum absolute atomic E-state index is 0.00459. The number of fused-ring (bicyclic) bond motifs is 1. The first-order chi connectivity index (χ1) is 26.1. The molecule has 0 saturated heterocycles. The number of ketones is 1. The number of carbonyl (C=O) groups is 2. The van der Waals surface area contributed by atoms with Crippen molar-refractivity contribution in [2.75, 3.05) is 51.6 Å². The summed E-state index contributed by atoms with van der Waals surface area (Å²) in [6.07, 6.45) is 1.98. The number of methoxy groups -OCH3 is 2. The number of nitrogens with one attached hydrogen (secondary N) is 2. The van der Waals surface area contributed by atoms with Gasteiger partial charge in [0, 0.05) is 57.2 Å². The molecule has 15 heteroatoms. The Balaban J connectivity index is 1.42. The molecule has 5 rings (SSSR count). The van der Waals surface area contributed by atoms with Gasteiger partial charge in [0.15, 0.2) is 0 Å². The maximum absolute atomic E-state index is 14.4. The van der Waals surface area contributed by atoms with Crippen molar-refractivity contribution in [3.8, 4) is 5.75 Å². The summed E-state index contributed by atoms with van der Waals surface area (Å²) in [5.41, 5.74) is 8.08. The van der Waals surface area contributed by atoms with E-state index in [0.29, 0.717) is 71.2 Å². The van der Waals surface area contributed by atoms with Crippen LogP contribution in [0.3, 0.4) is 0 Å². The van der Waals surface area contributed by atoms with Gasteiger partial charge in [-0.3, -0.25) is 24.4 Å². The quantitative estimate of drug-likeness (QED) is 0.0859. The highest BCUT2D eigenvalue weighted by atomic mass is 35.5. The molecule has 282 valence electrons. The van der Waals surface area contributed by atoms with E-state index in [1.165, 1.54) is 23.0 Å². The largest absolute Gasteiger partial charge is 0.508 e. The maximum atomic E-state index is 14.4. The van der Waals surface area contributed by atoms with Crippen LogP contribution < -0.4 is 16.6 Å². The van der Waals surface area contributed by atoms with Gasteiger partial charge >= 0.3 is 0 Å². The highest BCUT2D eigenvalue weighted by Gasteiger charge is 2.21. The molecule has 5 N–H and O–H groups in total. The molecule has 1 amide bonds. The fraction of sp³-hybridized carbons (Fsp3) is 0.308. The highest BCUT2D eigenvalue weighted by molar-refractivity contribution is 6.31. The van der Waals surface area contributed by atoms with Gasteiger partial charge in [-0.25, -0.2) is 15.0 Å². The number of nitrogen functional groups attached to an aromatic ring is 1. The van der Waals surface area contributed by atoms with Gasteiger partial charge in [-0.05, 0) is 41.8 Å². The summed E-state index contributed by atoms with van der Waals surface area (Å²) in [6.45, 7) is 1.75. The topological polar surface area (TPSA) is 199 Å². The fourth-order valence-electron chi connectivity index (χ4n) is 6.03. The van der Waals surface area contributed by atoms with E-state index in [1.807, 2.05) is 12.1 Å². The number of aromatic nitrogens is 4. The van der Waals surface area contributed by atoms with Crippen LogP contribution in [-0.2, 0) is 38.6 Å². The van der Waals surface area contributed by atoms with Crippen LogP contribution in [0.1, 0.15) is 47.3 Å². The summed E-state index contributed by atoms with van der Waals surface area (Å²) in [4.78, 5) is 55.5. The lowest BCUT2D eigenvalue weighted by molar-refractivity contribution is -0.132. The minimum atomic E-state index is -0.364. The Morgan fingerprint density at radius 3 is 2.43 bits per heavy atom. The smallest absolute Gasteiger partial charge is 0.262 e. The molecule has 0 aliphatic rings. The molecule has 0 bridgehead atoms. The molecule has 0 radical (unpaired) electrons. The van der Waals surface area contributed by atoms with Crippen molar-refractivity contribution in [1.29, 1.82) is 5.41 Å². The number of halogens is 1. The first-order valence-electron chi connectivity index (χ1n) is 17.4. The van der Waals surface area contributed by atoms with Gasteiger partial charge in [0.2, 0.25) is 5.91 Å². The monoisotopic (exact) mass is 754 g/mol. The number of phenols is 1. The Bertz CT molecular complexity index is 2190. The lowest BCUT2D eigenvalue weighted by Gasteiger charge is -2.22. The van der Waals surface area contributed by atoms with Gasteiger partial charge in [0.05, 0.1) is 48.5 Å². The molecule has 3 aromatic carbocycles. The molecule has 2 aromatic heterocycles. The molecule has 5 aromatic rings. The van der Waals surface area contributed by atoms with Crippen LogP contribution in [0.2, 0.25) is 5.02 Å². The van der Waals surface area contributed by atoms with E-state index in [4.69, 9.17) is 37.2 Å². The summed E-state index contributed by atoms with van der Waals surface area (Å²) in [7, 11) is 3.15. The number of amides is 1. The fourth-order valence-corrected chi connectivity index (χ4v) is 6.22. The zero-order valence-electron chi connectivity index (χ0n) is 30.2. The van der Waals surface area contributed by atoms with Crippen LogP contribution >= 0.6 is 11.6 Å². The summed E-state index contributed by atoms with van der Waals surface area (Å²) in [6, 6.07) is 18.6. The highest BCUT2D eigenvalue weighted by Crippen LogP contribution is 2.25. The van der Waals surface area contributed by atoms with Crippen molar-refractivity contribution in [3.05, 3.63) is 117 Å². The number of aromatic hydroxyl groups is 1. The third kappa shape index (κ3) is 9.83. The van der Waals surface area contributed by atoms with Crippen molar-refractivity contribution >= 4 is 51.5 Å². The number of anilines is 2. The van der Waals surface area contributed by atoms with E-state index >= 15 is 0 Å². The number of hydrogen-bond donors (Lipinski definition) is 4. The van der Waals surface area contributed by atoms with E-state index in [9.17, 15) is 19.5 Å². The molecule has 54 heavy (non-hydrogen) atoms. The molecule has 0 saturated carbocycles. The predicted octanol–water partition coefficient (Wildman–Crippen LogP) is 4.61. The molecule has 0 fully saturated rings. The summed E-state index contributed by atoms with van der Waals surface area (Å²) in [5.74, 6) is 0.417. The molecular formula is C39H43ClN8O6. The molecule has 0 aliphatic heterocycles. The summed E-state index contributed by atoms with van der Waals surface area (Å²) >= 11 is 6.54. The first-order valence-corrected chi connectivity index (χ1v) is 17.7. The van der Waals surface area contributed by atoms with Crippen molar-refractivity contribution in [3.63, 3.8) is 0 Å². The second-order valence-electron chi connectivity index (χ2n) is 12.5. The number of nitrogens with zero attached hydrogens (tertiary/aromatic N) is 5. The normalized spacial score (nSPS) is 11.1. The lowest BCUT2D eigenvalue weighted by Crippen LogP contribution is -2.36. The van der Waals surface area contributed by atoms with Crippen molar-refractivity contribution < 1.29 is 24.2 Å². The molecule has 0 spiro atoms. The van der Waals surface area contributed by atoms with E-state index < -0.39 is 0 Å². The summed E-state index contributed by atoms with van der Waals surface area (Å²) in [5, 5.41) is 22.8. The molecule has 14 nitrogen and oxygen atoms in total. The van der Waals surface area contributed by atoms with Gasteiger partial charge in [-0.2, -0.15) is 0 Å². The van der Waals surface area contributed by atoms with Crippen molar-refractivity contribution in [1.82, 2.24) is 24.4 Å². The zero-order chi connectivity index (χ0) is 38.6. The molecule has 2 heterocycles. The Morgan fingerprint density at radius 1 is 0.981 bits per heavy atom. The number of rotatable bonds is 19. The Kier molecular flexibility index (Phi) is 13.8. The molecule has 0 aliphatic carbocycles. The van der Waals surface area contributed by atoms with Crippen LogP contribution in [0.15, 0.2) is 77.9 Å². The van der Waals surface area contributed by atoms with E-state index in [0.717, 1.165) is 0 Å². The number of Topliss-reactive ketones (excluding diaryl/α,β-unsaturated/α-hetero) is 1. The molecular weight excluding hydrogens is 712 g/mol. The van der Waals surface area contributed by atoms with Crippen LogP contribution in [0, 0.1) is 5.41 Å². The molecule has 0 atom stereocenters. The third-order valence-electron chi connectivity index (χ3n) is 8.83. The maximum Gasteiger partial charge on any atom is 0.262 e. The average molecular weight is 755 g/mol. The zero-order valence-corrected chi connectivity index (χ0v) is 30.9. The number of benzene rings is 3. The SMILES string of the molecule is COCCN(CCOC)C(=O)CCCC(=O)Cc1cccc2nc(CNc3ncnc(N)c3C(=N)c3cccc(O)c3)n(Cc3ccccc3Cl)c(=O)c12. The predicted molar refractivity (Wildman–Crippen MR) is 207 cm³/mol. The van der Waals surface area contributed by atoms with E-state index in [1.54, 1.807) is 61.6 Å². The average Bonchev–Trinajstić information content (AvgIpc) is 3.15. The van der Waals surface area contributed by atoms with Crippen LogP contribution in [-0.4, -0.2) is 87.5 Å². The van der Waals surface area contributed by atoms with Gasteiger partial charge in [0.25, 0.3) is 5.56 Å². The standard InChI is InChI=1S/C39H43ClN8O6/c1-53-18-16-47(17-19-54-2)33(51)15-7-12-28(49)20-25-9-6-14-31-34(25)39(52)48(23-27-8-3-4-13-30(27)40)32(46-31)22-43-38-35(37(42)44-24-45-38)36(41)26-10-5-11-29(50)21-26/h3-6,8-11,13-14,21,24,41,50H,7,12,15-20,22-23H2,1-2H3,(H3,42,43,44,45). The molecule has 0 unspecified atom stereocenters. The van der Waals surface area contributed by atoms with Crippen LogP contribution in [0.25, 0.3) is 10.9 Å².